The summed E-state index contributed by atoms with van der Waals surface area (Å²) in [5.74, 6) is -0.949. The molecule has 2 aliphatic heterocycles. The van der Waals surface area contributed by atoms with Crippen molar-refractivity contribution in [3.8, 4) is 0 Å². The zero-order chi connectivity index (χ0) is 22.9. The molecule has 0 aromatic heterocycles. The van der Waals surface area contributed by atoms with Crippen LogP contribution in [0.25, 0.3) is 0 Å². The number of rotatable bonds is 5. The molecule has 1 atom stereocenters. The van der Waals surface area contributed by atoms with Crippen molar-refractivity contribution in [3.63, 3.8) is 0 Å². The first kappa shape index (κ1) is 21.0. The number of nitrogens with zero attached hydrogens (tertiary/aromatic N) is 1. The fourth-order valence-electron chi connectivity index (χ4n) is 5.72. The minimum absolute atomic E-state index is 0.183. The molecule has 170 valence electrons. The van der Waals surface area contributed by atoms with Crippen molar-refractivity contribution in [3.05, 3.63) is 34.9 Å². The van der Waals surface area contributed by atoms with E-state index >= 15 is 0 Å². The van der Waals surface area contributed by atoms with Crippen LogP contribution < -0.4 is 10.6 Å². The summed E-state index contributed by atoms with van der Waals surface area (Å²) in [7, 11) is 0. The summed E-state index contributed by atoms with van der Waals surface area (Å²) in [6.45, 7) is 7.80. The van der Waals surface area contributed by atoms with Gasteiger partial charge in [0.2, 0.25) is 11.8 Å². The predicted octanol–water partition coefficient (Wildman–Crippen LogP) is 2.50. The van der Waals surface area contributed by atoms with E-state index < -0.39 is 18.0 Å². The number of amides is 4. The van der Waals surface area contributed by atoms with Gasteiger partial charge < -0.3 is 15.0 Å². The number of nitrogens with one attached hydrogen (secondary N) is 2. The normalized spacial score (nSPS) is 30.4. The van der Waals surface area contributed by atoms with Crippen molar-refractivity contribution in [1.82, 2.24) is 15.5 Å². The third kappa shape index (κ3) is 3.19. The number of hydrogen-bond donors (Lipinski definition) is 2. The van der Waals surface area contributed by atoms with E-state index in [0.717, 1.165) is 24.0 Å². The second-order valence-electron chi connectivity index (χ2n) is 10.8. The van der Waals surface area contributed by atoms with Crippen molar-refractivity contribution in [2.75, 3.05) is 6.61 Å². The predicted molar refractivity (Wildman–Crippen MR) is 114 cm³/mol. The van der Waals surface area contributed by atoms with Gasteiger partial charge in [0.1, 0.15) is 6.04 Å². The maximum Gasteiger partial charge on any atom is 0.407 e. The molecule has 4 amide bonds. The van der Waals surface area contributed by atoms with Gasteiger partial charge in [-0.3, -0.25) is 19.7 Å². The van der Waals surface area contributed by atoms with Gasteiger partial charge in [0.15, 0.2) is 0 Å². The maximum atomic E-state index is 12.9. The Bertz CT molecular complexity index is 1030. The third-order valence-corrected chi connectivity index (χ3v) is 7.99. The average Bonchev–Trinajstić information content (AvgIpc) is 3.53. The standard InChI is InChI=1S/C24H29N3O5/c1-22(2,3)24-11-23(24,12-24)13-32-21(31)25-9-14-4-5-15-10-27(20(30)16(15)8-14)17-6-7-18(28)26-19(17)29/h4-5,8,17H,6-7,9-13H2,1-3H3,(H,25,31)(H,26,28,29). The monoisotopic (exact) mass is 439 g/mol. The Morgan fingerprint density at radius 3 is 2.66 bits per heavy atom. The molecule has 3 fully saturated rings. The first-order valence-corrected chi connectivity index (χ1v) is 11.2. The van der Waals surface area contributed by atoms with E-state index in [4.69, 9.17) is 4.74 Å². The van der Waals surface area contributed by atoms with Gasteiger partial charge in [-0.05, 0) is 47.3 Å². The average molecular weight is 440 g/mol. The van der Waals surface area contributed by atoms with Crippen LogP contribution in [0.5, 0.6) is 0 Å². The number of hydrogen-bond acceptors (Lipinski definition) is 5. The van der Waals surface area contributed by atoms with Crippen LogP contribution in [0.2, 0.25) is 0 Å². The second-order valence-corrected chi connectivity index (χ2v) is 10.8. The summed E-state index contributed by atoms with van der Waals surface area (Å²) in [6, 6.07) is 4.85. The van der Waals surface area contributed by atoms with E-state index in [1.54, 1.807) is 6.07 Å². The van der Waals surface area contributed by atoms with E-state index in [0.29, 0.717) is 30.6 Å². The smallest absolute Gasteiger partial charge is 0.407 e. The summed E-state index contributed by atoms with van der Waals surface area (Å²) in [6.07, 6.45) is 2.38. The van der Waals surface area contributed by atoms with Crippen molar-refractivity contribution < 1.29 is 23.9 Å². The molecule has 1 unspecified atom stereocenters. The van der Waals surface area contributed by atoms with Crippen LogP contribution in [0.4, 0.5) is 4.79 Å². The molecule has 1 aromatic rings. The van der Waals surface area contributed by atoms with Crippen molar-refractivity contribution >= 4 is 23.8 Å². The largest absolute Gasteiger partial charge is 0.449 e. The van der Waals surface area contributed by atoms with Crippen LogP contribution in [0.3, 0.4) is 0 Å². The maximum absolute atomic E-state index is 12.9. The Hall–Kier alpha value is -2.90. The van der Waals surface area contributed by atoms with Gasteiger partial charge in [0.25, 0.3) is 5.91 Å². The van der Waals surface area contributed by atoms with Gasteiger partial charge in [0, 0.05) is 30.5 Å². The highest BCUT2D eigenvalue weighted by Gasteiger charge is 2.86. The van der Waals surface area contributed by atoms with Gasteiger partial charge in [-0.2, -0.15) is 0 Å². The number of carbonyl (C=O) groups is 4. The van der Waals surface area contributed by atoms with Crippen LogP contribution in [-0.4, -0.2) is 41.4 Å². The molecule has 2 heterocycles. The Morgan fingerprint density at radius 1 is 1.25 bits per heavy atom. The highest BCUT2D eigenvalue weighted by molar-refractivity contribution is 6.05. The SMILES string of the molecule is CC(C)(C)C12CC1(COC(=O)NCc1ccc3c(c1)C(=O)N(C1CCC(=O)NC1=O)C3)C2. The van der Waals surface area contributed by atoms with Gasteiger partial charge in [-0.1, -0.05) is 32.9 Å². The number of alkyl carbamates (subject to hydrolysis) is 1. The molecule has 1 saturated heterocycles. The fraction of sp³-hybridized carbons (Fsp3) is 0.583. The summed E-state index contributed by atoms with van der Waals surface area (Å²) >= 11 is 0. The molecule has 32 heavy (non-hydrogen) atoms. The topological polar surface area (TPSA) is 105 Å². The van der Waals surface area contributed by atoms with Crippen LogP contribution in [0, 0.1) is 16.2 Å². The van der Waals surface area contributed by atoms with Crippen molar-refractivity contribution in [2.45, 2.75) is 65.6 Å². The first-order valence-electron chi connectivity index (χ1n) is 11.2. The van der Waals surface area contributed by atoms with Crippen LogP contribution >= 0.6 is 0 Å². The molecule has 5 rings (SSSR count). The Kier molecular flexibility index (Phi) is 4.45. The minimum atomic E-state index is -0.631. The lowest BCUT2D eigenvalue weighted by atomic mass is 9.83. The van der Waals surface area contributed by atoms with E-state index in [2.05, 4.69) is 31.4 Å². The molecular formula is C24H29N3O5. The number of benzene rings is 1. The summed E-state index contributed by atoms with van der Waals surface area (Å²) in [5.41, 5.74) is 2.93. The highest BCUT2D eigenvalue weighted by atomic mass is 16.5. The lowest BCUT2D eigenvalue weighted by molar-refractivity contribution is -0.136. The second kappa shape index (κ2) is 6.80. The molecule has 8 nitrogen and oxygen atoms in total. The zero-order valence-electron chi connectivity index (χ0n) is 18.7. The number of ether oxygens (including phenoxy) is 1. The van der Waals surface area contributed by atoms with E-state index in [1.807, 2.05) is 12.1 Å². The van der Waals surface area contributed by atoms with Gasteiger partial charge in [-0.15, -0.1) is 0 Å². The summed E-state index contributed by atoms with van der Waals surface area (Å²) < 4.78 is 5.49. The lowest BCUT2D eigenvalue weighted by Crippen LogP contribution is -2.52. The van der Waals surface area contributed by atoms with Crippen LogP contribution in [0.15, 0.2) is 18.2 Å². The fourth-order valence-corrected chi connectivity index (χ4v) is 5.72. The lowest BCUT2D eigenvalue weighted by Gasteiger charge is -2.29. The molecule has 8 heteroatoms. The quantitative estimate of drug-likeness (QED) is 0.686. The molecule has 2 saturated carbocycles. The number of imide groups is 1. The Morgan fingerprint density at radius 2 is 2.00 bits per heavy atom. The molecule has 0 radical (unpaired) electrons. The molecule has 2 aliphatic carbocycles. The van der Waals surface area contributed by atoms with Crippen LogP contribution in [0.1, 0.15) is 67.9 Å². The molecule has 2 N–H and O–H groups in total. The highest BCUT2D eigenvalue weighted by Crippen LogP contribution is 2.91. The molecule has 0 bridgehead atoms. The minimum Gasteiger partial charge on any atom is -0.449 e. The molecular weight excluding hydrogens is 410 g/mol. The van der Waals surface area contributed by atoms with E-state index in [-0.39, 0.29) is 35.6 Å². The molecule has 0 spiro atoms. The van der Waals surface area contributed by atoms with Crippen molar-refractivity contribution in [1.29, 1.82) is 0 Å². The Labute approximate surface area is 187 Å². The van der Waals surface area contributed by atoms with Gasteiger partial charge in [0.05, 0.1) is 6.61 Å². The Balaban J connectivity index is 1.15. The number of piperidine rings is 1. The number of carbonyl (C=O) groups excluding carboxylic acids is 4. The van der Waals surface area contributed by atoms with Gasteiger partial charge in [-0.25, -0.2) is 4.79 Å². The van der Waals surface area contributed by atoms with Crippen LogP contribution in [-0.2, 0) is 27.4 Å². The van der Waals surface area contributed by atoms with Crippen molar-refractivity contribution in [2.24, 2.45) is 16.2 Å². The van der Waals surface area contributed by atoms with E-state index in [1.165, 1.54) is 4.90 Å². The number of fused-ring (bicyclic) bond motifs is 2. The summed E-state index contributed by atoms with van der Waals surface area (Å²) in [4.78, 5) is 50.2. The van der Waals surface area contributed by atoms with E-state index in [9.17, 15) is 19.2 Å². The molecule has 4 aliphatic rings. The zero-order valence-corrected chi connectivity index (χ0v) is 18.7. The van der Waals surface area contributed by atoms with Gasteiger partial charge >= 0.3 is 6.09 Å². The summed E-state index contributed by atoms with van der Waals surface area (Å²) in [5, 5.41) is 5.08. The molecule has 1 aromatic carbocycles. The first-order chi connectivity index (χ1) is 15.1. The third-order valence-electron chi connectivity index (χ3n) is 7.99.